The largest absolute Gasteiger partial charge is 0.192 e. The van der Waals surface area contributed by atoms with Crippen LogP contribution >= 0.6 is 22.7 Å². The second kappa shape index (κ2) is 14.0. The summed E-state index contributed by atoms with van der Waals surface area (Å²) in [6.45, 7) is 8.74. The van der Waals surface area contributed by atoms with Gasteiger partial charge >= 0.3 is 0 Å². The molecule has 0 radical (unpaired) electrons. The third kappa shape index (κ3) is 6.09. The van der Waals surface area contributed by atoms with E-state index in [1.54, 1.807) is 22.7 Å². The van der Waals surface area contributed by atoms with Gasteiger partial charge in [-0.2, -0.15) is 21.0 Å². The fourth-order valence-electron chi connectivity index (χ4n) is 6.99. The third-order valence-electron chi connectivity index (χ3n) is 9.42. The molecule has 2 aromatic heterocycles. The average Bonchev–Trinajstić information content (AvgIpc) is 3.75. The van der Waals surface area contributed by atoms with E-state index >= 15 is 0 Å². The van der Waals surface area contributed by atoms with Gasteiger partial charge in [0.2, 0.25) is 0 Å². The minimum absolute atomic E-state index is 0.101. The van der Waals surface area contributed by atoms with Crippen LogP contribution in [0.4, 0.5) is 0 Å². The summed E-state index contributed by atoms with van der Waals surface area (Å²) in [5, 5.41) is 43.0. The number of thiophene rings is 2. The summed E-state index contributed by atoms with van der Waals surface area (Å²) in [5.41, 5.74) is 10.0. The molecule has 0 amide bonds. The van der Waals surface area contributed by atoms with Crippen LogP contribution in [-0.2, 0) is 0 Å². The van der Waals surface area contributed by atoms with E-state index in [0.717, 1.165) is 20.2 Å². The zero-order valence-corrected chi connectivity index (χ0v) is 30.6. The molecule has 0 bridgehead atoms. The van der Waals surface area contributed by atoms with Crippen LogP contribution in [0.15, 0.2) is 97.1 Å². The van der Waals surface area contributed by atoms with E-state index in [0.29, 0.717) is 10.4 Å². The topological polar surface area (TPSA) is 95.2 Å². The lowest BCUT2D eigenvalue weighted by Gasteiger charge is -2.18. The molecule has 246 valence electrons. The molecule has 0 unspecified atom stereocenters. The molecule has 0 aliphatic heterocycles. The Morgan fingerprint density at radius 2 is 0.788 bits per heavy atom. The van der Waals surface area contributed by atoms with Gasteiger partial charge in [-0.15, -0.1) is 22.7 Å². The fraction of sp³-hybridized carbons (Fsp3) is 0.0870. The zero-order chi connectivity index (χ0) is 36.5. The van der Waals surface area contributed by atoms with Crippen molar-refractivity contribution in [1.82, 2.24) is 0 Å². The van der Waals surface area contributed by atoms with Crippen LogP contribution in [0.5, 0.6) is 0 Å². The van der Waals surface area contributed by atoms with Crippen molar-refractivity contribution in [2.45, 2.75) is 27.7 Å². The van der Waals surface area contributed by atoms with Gasteiger partial charge in [0.25, 0.3) is 0 Å². The minimum atomic E-state index is 0.101. The van der Waals surface area contributed by atoms with Gasteiger partial charge in [0, 0.05) is 51.5 Å². The first-order valence-electron chi connectivity index (χ1n) is 16.7. The lowest BCUT2D eigenvalue weighted by Crippen LogP contribution is -2.09. The van der Waals surface area contributed by atoms with E-state index in [-0.39, 0.29) is 11.1 Å². The number of hydrogen-bond acceptors (Lipinski definition) is 6. The summed E-state index contributed by atoms with van der Waals surface area (Å²) in [7, 11) is 0. The maximum atomic E-state index is 9.34. The lowest BCUT2D eigenvalue weighted by atomic mass is 9.87. The first-order valence-corrected chi connectivity index (χ1v) is 18.3. The predicted molar refractivity (Wildman–Crippen MR) is 215 cm³/mol. The first-order chi connectivity index (χ1) is 25.2. The van der Waals surface area contributed by atoms with Crippen molar-refractivity contribution < 1.29 is 0 Å². The number of hydrogen-bond donors (Lipinski definition) is 0. The first kappa shape index (κ1) is 33.9. The Bertz CT molecular complexity index is 2680. The third-order valence-corrected chi connectivity index (χ3v) is 11.6. The molecule has 4 nitrogen and oxygen atoms in total. The highest BCUT2D eigenvalue weighted by molar-refractivity contribution is 7.22. The molecule has 5 aromatic carbocycles. The zero-order valence-electron chi connectivity index (χ0n) is 29.0. The minimum Gasteiger partial charge on any atom is -0.192 e. The van der Waals surface area contributed by atoms with Crippen molar-refractivity contribution in [1.29, 1.82) is 21.0 Å². The highest BCUT2D eigenvalue weighted by Gasteiger charge is 2.24. The van der Waals surface area contributed by atoms with Crippen molar-refractivity contribution in [2.75, 3.05) is 0 Å². The molecule has 0 spiro atoms. The molecule has 0 N–H and O–H groups in total. The van der Waals surface area contributed by atoms with E-state index in [1.165, 1.54) is 64.7 Å². The van der Waals surface area contributed by atoms with Crippen molar-refractivity contribution in [3.05, 3.63) is 150 Å². The van der Waals surface area contributed by atoms with Gasteiger partial charge in [0.15, 0.2) is 0 Å². The summed E-state index contributed by atoms with van der Waals surface area (Å²) in [4.78, 5) is 2.23. The number of aryl methyl sites for hydroxylation is 4. The molecule has 6 heteroatoms. The smallest absolute Gasteiger partial charge is 0.136 e. The number of rotatable bonds is 4. The molecule has 0 aliphatic carbocycles. The van der Waals surface area contributed by atoms with Gasteiger partial charge in [-0.25, -0.2) is 0 Å². The predicted octanol–water partition coefficient (Wildman–Crippen LogP) is 8.74. The molecule has 0 aliphatic rings. The van der Waals surface area contributed by atoms with Crippen molar-refractivity contribution in [3.63, 3.8) is 0 Å². The Kier molecular flexibility index (Phi) is 9.13. The Hall–Kier alpha value is -6.54. The summed E-state index contributed by atoms with van der Waals surface area (Å²) in [6, 6.07) is 40.7. The van der Waals surface area contributed by atoms with E-state index < -0.39 is 0 Å². The van der Waals surface area contributed by atoms with Crippen LogP contribution in [-0.4, -0.2) is 0 Å². The van der Waals surface area contributed by atoms with Gasteiger partial charge < -0.3 is 0 Å². The maximum absolute atomic E-state index is 9.34. The molecule has 0 atom stereocenters. The molecule has 0 fully saturated rings. The SMILES string of the molecule is Cc1cccc(C)c1-c1c2cc(C=c3ccc(=C(C#N)C#N)cc3)sc2c(-c2c(C)cccc2C)c2cc(C=c3ccc(=C(C#N)C#N)cc3)sc12. The Balaban J connectivity index is 1.58. The molecule has 2 heterocycles. The average molecular weight is 703 g/mol. The summed E-state index contributed by atoms with van der Waals surface area (Å²) in [5.74, 6) is 0. The van der Waals surface area contributed by atoms with Crippen molar-refractivity contribution >= 4 is 66.1 Å². The fourth-order valence-corrected chi connectivity index (χ4v) is 9.38. The van der Waals surface area contributed by atoms with Gasteiger partial charge in [0.05, 0.1) is 0 Å². The molecular weight excluding hydrogens is 673 g/mol. The number of nitrogens with zero attached hydrogens (tertiary/aromatic N) is 4. The van der Waals surface area contributed by atoms with Crippen LogP contribution in [0.3, 0.4) is 0 Å². The highest BCUT2D eigenvalue weighted by Crippen LogP contribution is 2.51. The summed E-state index contributed by atoms with van der Waals surface area (Å²) >= 11 is 3.56. The van der Waals surface area contributed by atoms with Crippen LogP contribution in [0.25, 0.3) is 65.7 Å². The van der Waals surface area contributed by atoms with Crippen LogP contribution in [0, 0.1) is 73.0 Å². The normalized spacial score (nSPS) is 10.6. The van der Waals surface area contributed by atoms with E-state index in [9.17, 15) is 21.0 Å². The molecule has 0 saturated carbocycles. The van der Waals surface area contributed by atoms with E-state index in [4.69, 9.17) is 0 Å². The van der Waals surface area contributed by atoms with Gasteiger partial charge in [-0.3, -0.25) is 0 Å². The Morgan fingerprint density at radius 3 is 1.10 bits per heavy atom. The van der Waals surface area contributed by atoms with Crippen LogP contribution in [0.2, 0.25) is 0 Å². The second-order valence-corrected chi connectivity index (χ2v) is 15.0. The van der Waals surface area contributed by atoms with Crippen molar-refractivity contribution in [3.8, 4) is 46.5 Å². The molecule has 52 heavy (non-hydrogen) atoms. The number of nitriles is 4. The van der Waals surface area contributed by atoms with Crippen molar-refractivity contribution in [2.24, 2.45) is 0 Å². The van der Waals surface area contributed by atoms with E-state index in [2.05, 4.69) is 88.4 Å². The quantitative estimate of drug-likeness (QED) is 0.183. The lowest BCUT2D eigenvalue weighted by molar-refractivity contribution is 1.39. The van der Waals surface area contributed by atoms with Gasteiger partial charge in [0.1, 0.15) is 35.4 Å². The highest BCUT2D eigenvalue weighted by atomic mass is 32.1. The molecular formula is C46H30N4S2. The van der Waals surface area contributed by atoms with Crippen LogP contribution in [0.1, 0.15) is 32.0 Å². The Morgan fingerprint density at radius 1 is 0.462 bits per heavy atom. The van der Waals surface area contributed by atoms with Gasteiger partial charge in [-0.1, -0.05) is 84.9 Å². The summed E-state index contributed by atoms with van der Waals surface area (Å²) in [6.07, 6.45) is 4.35. The molecule has 7 rings (SSSR count). The molecule has 7 aromatic rings. The maximum Gasteiger partial charge on any atom is 0.136 e. The number of fused-ring (bicyclic) bond motifs is 2. The van der Waals surface area contributed by atoms with Gasteiger partial charge in [-0.05, 0) is 95.8 Å². The monoisotopic (exact) mass is 702 g/mol. The number of benzene rings is 5. The second-order valence-electron chi connectivity index (χ2n) is 12.8. The van der Waals surface area contributed by atoms with E-state index in [1.807, 2.05) is 72.8 Å². The standard InChI is InChI=1S/C46H30N4S2/c1-27-7-5-8-28(2)41(27)43-39-21-37(19-31-11-15-33(16-12-31)35(23-47)24-48)52-46(39)44(42-29(3)9-6-10-30(42)4)40-22-38(51-45(40)43)20-32-13-17-34(18-14-32)36(25-49)26-50/h5-22H,1-4H3. The molecule has 0 saturated heterocycles. The summed E-state index contributed by atoms with van der Waals surface area (Å²) < 4.78 is 2.44. The Labute approximate surface area is 309 Å². The van der Waals surface area contributed by atoms with Crippen LogP contribution < -0.4 is 20.9 Å².